The lowest BCUT2D eigenvalue weighted by molar-refractivity contribution is -0.121. The van der Waals surface area contributed by atoms with Gasteiger partial charge in [0.1, 0.15) is 0 Å². The van der Waals surface area contributed by atoms with Gasteiger partial charge in [-0.2, -0.15) is 0 Å². The van der Waals surface area contributed by atoms with Crippen LogP contribution in [0.1, 0.15) is 38.5 Å². The van der Waals surface area contributed by atoms with Crippen molar-refractivity contribution in [3.8, 4) is 0 Å². The summed E-state index contributed by atoms with van der Waals surface area (Å²) in [6.07, 6.45) is 6.87. The van der Waals surface area contributed by atoms with Gasteiger partial charge in [0.2, 0.25) is 5.91 Å². The lowest BCUT2D eigenvalue weighted by atomic mass is 9.80. The van der Waals surface area contributed by atoms with Crippen LogP contribution in [-0.4, -0.2) is 50.6 Å². The van der Waals surface area contributed by atoms with Gasteiger partial charge in [0.25, 0.3) is 0 Å². The first-order valence-corrected chi connectivity index (χ1v) is 6.69. The minimum atomic E-state index is 0. The van der Waals surface area contributed by atoms with Crippen molar-refractivity contribution in [2.24, 2.45) is 0 Å². The summed E-state index contributed by atoms with van der Waals surface area (Å²) in [5.41, 5.74) is 0.188. The van der Waals surface area contributed by atoms with Gasteiger partial charge < -0.3 is 15.5 Å². The highest BCUT2D eigenvalue weighted by molar-refractivity contribution is 5.85. The summed E-state index contributed by atoms with van der Waals surface area (Å²) >= 11 is 0. The van der Waals surface area contributed by atoms with Crippen LogP contribution in [0.2, 0.25) is 0 Å². The standard InChI is InChI=1S/C13H27N3O.ClH/c1-14-10-7-12(17)15-11-13(16(2)3)8-5-4-6-9-13;/h14H,4-11H2,1-3H3,(H,15,17);1H. The number of nitrogens with zero attached hydrogens (tertiary/aromatic N) is 1. The van der Waals surface area contributed by atoms with E-state index < -0.39 is 0 Å². The average Bonchev–Trinajstić information content (AvgIpc) is 2.34. The number of amides is 1. The van der Waals surface area contributed by atoms with Crippen LogP contribution in [0.4, 0.5) is 0 Å². The zero-order valence-electron chi connectivity index (χ0n) is 11.9. The number of rotatable bonds is 6. The second-order valence-corrected chi connectivity index (χ2v) is 5.31. The molecular formula is C13H28ClN3O. The molecule has 18 heavy (non-hydrogen) atoms. The molecule has 0 aliphatic heterocycles. The Labute approximate surface area is 117 Å². The van der Waals surface area contributed by atoms with Crippen molar-refractivity contribution in [2.75, 3.05) is 34.2 Å². The van der Waals surface area contributed by atoms with E-state index in [1.54, 1.807) is 0 Å². The highest BCUT2D eigenvalue weighted by Gasteiger charge is 2.34. The van der Waals surface area contributed by atoms with Crippen molar-refractivity contribution in [2.45, 2.75) is 44.1 Å². The summed E-state index contributed by atoms with van der Waals surface area (Å²) in [4.78, 5) is 13.9. The van der Waals surface area contributed by atoms with E-state index in [4.69, 9.17) is 0 Å². The first kappa shape index (κ1) is 17.7. The van der Waals surface area contributed by atoms with Crippen molar-refractivity contribution < 1.29 is 4.79 Å². The van der Waals surface area contributed by atoms with Gasteiger partial charge in [0.15, 0.2) is 0 Å². The van der Waals surface area contributed by atoms with Crippen LogP contribution in [0.15, 0.2) is 0 Å². The van der Waals surface area contributed by atoms with Gasteiger partial charge in [-0.05, 0) is 34.0 Å². The second-order valence-electron chi connectivity index (χ2n) is 5.31. The Bertz CT molecular complexity index is 240. The maximum Gasteiger partial charge on any atom is 0.221 e. The molecule has 0 unspecified atom stereocenters. The smallest absolute Gasteiger partial charge is 0.221 e. The number of carbonyl (C=O) groups excluding carboxylic acids is 1. The molecule has 1 rings (SSSR count). The van der Waals surface area contributed by atoms with E-state index in [0.717, 1.165) is 13.1 Å². The maximum atomic E-state index is 11.6. The van der Waals surface area contributed by atoms with Gasteiger partial charge in [-0.15, -0.1) is 12.4 Å². The highest BCUT2D eigenvalue weighted by Crippen LogP contribution is 2.31. The van der Waals surface area contributed by atoms with Crippen molar-refractivity contribution >= 4 is 18.3 Å². The molecule has 0 radical (unpaired) electrons. The Morgan fingerprint density at radius 2 is 1.83 bits per heavy atom. The minimum Gasteiger partial charge on any atom is -0.354 e. The number of halogens is 1. The van der Waals surface area contributed by atoms with Crippen LogP contribution in [0.3, 0.4) is 0 Å². The summed E-state index contributed by atoms with van der Waals surface area (Å²) in [7, 11) is 6.13. The Morgan fingerprint density at radius 1 is 1.22 bits per heavy atom. The topological polar surface area (TPSA) is 44.4 Å². The normalized spacial score (nSPS) is 18.2. The lowest BCUT2D eigenvalue weighted by Gasteiger charge is -2.43. The number of hydrogen-bond donors (Lipinski definition) is 2. The van der Waals surface area contributed by atoms with Crippen LogP contribution in [0, 0.1) is 0 Å². The van der Waals surface area contributed by atoms with E-state index in [-0.39, 0.29) is 23.9 Å². The van der Waals surface area contributed by atoms with Crippen molar-refractivity contribution in [3.05, 3.63) is 0 Å². The minimum absolute atomic E-state index is 0. The molecule has 0 aromatic rings. The van der Waals surface area contributed by atoms with Crippen LogP contribution in [-0.2, 0) is 4.79 Å². The van der Waals surface area contributed by atoms with Crippen molar-refractivity contribution in [3.63, 3.8) is 0 Å². The quantitative estimate of drug-likeness (QED) is 0.771. The molecule has 1 amide bonds. The summed E-state index contributed by atoms with van der Waals surface area (Å²) in [6.45, 7) is 1.54. The molecule has 1 saturated carbocycles. The van der Waals surface area contributed by atoms with Gasteiger partial charge in [0, 0.05) is 25.0 Å². The molecule has 0 atom stereocenters. The first-order valence-electron chi connectivity index (χ1n) is 6.69. The predicted octanol–water partition coefficient (Wildman–Crippen LogP) is 1.40. The number of nitrogens with one attached hydrogen (secondary N) is 2. The molecule has 4 nitrogen and oxygen atoms in total. The third-order valence-corrected chi connectivity index (χ3v) is 3.95. The van der Waals surface area contributed by atoms with Crippen molar-refractivity contribution in [1.29, 1.82) is 0 Å². The number of hydrogen-bond acceptors (Lipinski definition) is 3. The average molecular weight is 278 g/mol. The molecule has 5 heteroatoms. The SMILES string of the molecule is CNCCC(=O)NCC1(N(C)C)CCCCC1.Cl. The van der Waals surface area contributed by atoms with E-state index in [0.29, 0.717) is 6.42 Å². The fourth-order valence-corrected chi connectivity index (χ4v) is 2.58. The molecule has 0 aromatic carbocycles. The van der Waals surface area contributed by atoms with Gasteiger partial charge >= 0.3 is 0 Å². The highest BCUT2D eigenvalue weighted by atomic mass is 35.5. The van der Waals surface area contributed by atoms with Gasteiger partial charge in [0.05, 0.1) is 0 Å². The zero-order chi connectivity index (χ0) is 12.7. The van der Waals surface area contributed by atoms with E-state index in [1.165, 1.54) is 32.1 Å². The third-order valence-electron chi connectivity index (χ3n) is 3.95. The van der Waals surface area contributed by atoms with Gasteiger partial charge in [-0.25, -0.2) is 0 Å². The van der Waals surface area contributed by atoms with E-state index in [9.17, 15) is 4.79 Å². The molecule has 0 saturated heterocycles. The van der Waals surface area contributed by atoms with Gasteiger partial charge in [-0.3, -0.25) is 4.79 Å². The molecule has 1 aliphatic carbocycles. The Balaban J connectivity index is 0.00000289. The molecule has 0 heterocycles. The maximum absolute atomic E-state index is 11.6. The Hall–Kier alpha value is -0.320. The lowest BCUT2D eigenvalue weighted by Crippen LogP contribution is -2.53. The molecule has 1 fully saturated rings. The van der Waals surface area contributed by atoms with E-state index in [1.807, 2.05) is 7.05 Å². The Kier molecular flexibility index (Phi) is 8.57. The van der Waals surface area contributed by atoms with Crippen LogP contribution in [0.25, 0.3) is 0 Å². The third kappa shape index (κ3) is 5.12. The summed E-state index contributed by atoms with van der Waals surface area (Å²) in [5, 5.41) is 6.09. The summed E-state index contributed by atoms with van der Waals surface area (Å²) in [6, 6.07) is 0. The molecule has 0 bridgehead atoms. The second kappa shape index (κ2) is 8.73. The molecule has 2 N–H and O–H groups in total. The summed E-state index contributed by atoms with van der Waals surface area (Å²) in [5.74, 6) is 0.158. The first-order chi connectivity index (χ1) is 8.10. The van der Waals surface area contributed by atoms with Crippen LogP contribution >= 0.6 is 12.4 Å². The fourth-order valence-electron chi connectivity index (χ4n) is 2.58. The zero-order valence-corrected chi connectivity index (χ0v) is 12.7. The number of carbonyl (C=O) groups is 1. The monoisotopic (exact) mass is 277 g/mol. The van der Waals surface area contributed by atoms with E-state index in [2.05, 4.69) is 29.6 Å². The molecule has 0 aromatic heterocycles. The van der Waals surface area contributed by atoms with Crippen molar-refractivity contribution in [1.82, 2.24) is 15.5 Å². The van der Waals surface area contributed by atoms with Gasteiger partial charge in [-0.1, -0.05) is 19.3 Å². The molecule has 1 aliphatic rings. The number of likely N-dealkylation sites (N-methyl/N-ethyl adjacent to an activating group) is 1. The summed E-state index contributed by atoms with van der Waals surface area (Å²) < 4.78 is 0. The van der Waals surface area contributed by atoms with Crippen LogP contribution < -0.4 is 10.6 Å². The predicted molar refractivity (Wildman–Crippen MR) is 78.3 cm³/mol. The fraction of sp³-hybridized carbons (Fsp3) is 0.923. The molecular weight excluding hydrogens is 250 g/mol. The Morgan fingerprint density at radius 3 is 2.33 bits per heavy atom. The molecule has 0 spiro atoms. The van der Waals surface area contributed by atoms with E-state index >= 15 is 0 Å². The largest absolute Gasteiger partial charge is 0.354 e. The van der Waals surface area contributed by atoms with Crippen LogP contribution in [0.5, 0.6) is 0 Å². The molecule has 108 valence electrons.